The van der Waals surface area contributed by atoms with E-state index in [2.05, 4.69) is 15.9 Å². The molecule has 0 saturated heterocycles. The van der Waals surface area contributed by atoms with Crippen molar-refractivity contribution in [1.82, 2.24) is 0 Å². The summed E-state index contributed by atoms with van der Waals surface area (Å²) in [6.07, 6.45) is 0.107. The normalized spacial score (nSPS) is 14.5. The Bertz CT molecular complexity index is 388. The minimum atomic E-state index is -1.55. The summed E-state index contributed by atoms with van der Waals surface area (Å²) in [5.41, 5.74) is 3.56. The van der Waals surface area contributed by atoms with E-state index in [0.717, 1.165) is 9.35 Å². The van der Waals surface area contributed by atoms with E-state index in [9.17, 15) is 9.59 Å². The van der Waals surface area contributed by atoms with Gasteiger partial charge in [-0.3, -0.25) is 9.59 Å². The molecular formula is C9H10BrNO3S. The quantitative estimate of drug-likeness (QED) is 0.828. The van der Waals surface area contributed by atoms with Crippen molar-refractivity contribution in [1.29, 1.82) is 0 Å². The number of carbonyl (C=O) groups is 2. The number of carboxylic acids is 1. The standard InChI is InChI=1S/C9H10BrNO3S/c1-9(7(11)12,8(13)14)4-6-5(10)2-3-15-6/h2-3H,4H2,1H3,(H2,11,12)(H,13,14). The molecule has 15 heavy (non-hydrogen) atoms. The summed E-state index contributed by atoms with van der Waals surface area (Å²) in [5, 5.41) is 10.8. The first-order chi connectivity index (χ1) is 6.88. The number of nitrogens with two attached hydrogens (primary N) is 1. The fraction of sp³-hybridized carbons (Fsp3) is 0.333. The van der Waals surface area contributed by atoms with Crippen LogP contribution in [0.2, 0.25) is 0 Å². The molecule has 0 fully saturated rings. The first-order valence-electron chi connectivity index (χ1n) is 4.13. The molecule has 1 unspecified atom stereocenters. The highest BCUT2D eigenvalue weighted by atomic mass is 79.9. The van der Waals surface area contributed by atoms with Crippen LogP contribution in [0.3, 0.4) is 0 Å². The van der Waals surface area contributed by atoms with Gasteiger partial charge in [0.25, 0.3) is 0 Å². The third kappa shape index (κ3) is 2.38. The van der Waals surface area contributed by atoms with Crippen LogP contribution in [0.4, 0.5) is 0 Å². The topological polar surface area (TPSA) is 80.4 Å². The molecule has 0 spiro atoms. The molecule has 0 saturated carbocycles. The molecule has 3 N–H and O–H groups in total. The van der Waals surface area contributed by atoms with Crippen molar-refractivity contribution in [2.75, 3.05) is 0 Å². The zero-order valence-corrected chi connectivity index (χ0v) is 10.4. The molecule has 0 aliphatic rings. The molecule has 1 aromatic heterocycles. The Morgan fingerprint density at radius 3 is 2.60 bits per heavy atom. The van der Waals surface area contributed by atoms with Crippen LogP contribution >= 0.6 is 27.3 Å². The smallest absolute Gasteiger partial charge is 0.319 e. The first-order valence-corrected chi connectivity index (χ1v) is 5.80. The van der Waals surface area contributed by atoms with Gasteiger partial charge in [0.2, 0.25) is 5.91 Å². The van der Waals surface area contributed by atoms with Crippen LogP contribution in [0, 0.1) is 5.41 Å². The average molecular weight is 292 g/mol. The lowest BCUT2D eigenvalue weighted by atomic mass is 9.85. The number of hydrogen-bond donors (Lipinski definition) is 2. The van der Waals surface area contributed by atoms with Gasteiger partial charge < -0.3 is 10.8 Å². The fourth-order valence-electron chi connectivity index (χ4n) is 1.04. The Hall–Kier alpha value is -0.880. The second-order valence-corrected chi connectivity index (χ2v) is 5.23. The van der Waals surface area contributed by atoms with Gasteiger partial charge in [-0.15, -0.1) is 11.3 Å². The Morgan fingerprint density at radius 1 is 1.67 bits per heavy atom. The number of rotatable bonds is 4. The van der Waals surface area contributed by atoms with Gasteiger partial charge in [0, 0.05) is 15.8 Å². The van der Waals surface area contributed by atoms with E-state index in [-0.39, 0.29) is 6.42 Å². The molecule has 4 nitrogen and oxygen atoms in total. The van der Waals surface area contributed by atoms with E-state index >= 15 is 0 Å². The van der Waals surface area contributed by atoms with Gasteiger partial charge in [-0.2, -0.15) is 0 Å². The Kier molecular flexibility index (Phi) is 3.51. The van der Waals surface area contributed by atoms with Crippen molar-refractivity contribution in [3.63, 3.8) is 0 Å². The van der Waals surface area contributed by atoms with Crippen LogP contribution in [0.1, 0.15) is 11.8 Å². The molecule has 0 aliphatic carbocycles. The summed E-state index contributed by atoms with van der Waals surface area (Å²) < 4.78 is 0.807. The second kappa shape index (κ2) is 4.32. The molecule has 1 heterocycles. The maximum Gasteiger partial charge on any atom is 0.319 e. The molecule has 1 rings (SSSR count). The molecule has 1 atom stereocenters. The van der Waals surface area contributed by atoms with Crippen molar-refractivity contribution < 1.29 is 14.7 Å². The average Bonchev–Trinajstić information content (AvgIpc) is 2.51. The van der Waals surface area contributed by atoms with Crippen LogP contribution in [0.15, 0.2) is 15.9 Å². The van der Waals surface area contributed by atoms with Gasteiger partial charge in [0.1, 0.15) is 5.41 Å². The summed E-state index contributed by atoms with van der Waals surface area (Å²) in [5.74, 6) is -2.02. The molecule has 0 aliphatic heterocycles. The van der Waals surface area contributed by atoms with Crippen LogP contribution in [0.5, 0.6) is 0 Å². The highest BCUT2D eigenvalue weighted by molar-refractivity contribution is 9.10. The maximum absolute atomic E-state index is 11.1. The molecule has 1 aromatic rings. The van der Waals surface area contributed by atoms with Gasteiger partial charge in [-0.25, -0.2) is 0 Å². The lowest BCUT2D eigenvalue weighted by molar-refractivity contribution is -0.153. The number of thiophene rings is 1. The summed E-state index contributed by atoms with van der Waals surface area (Å²) in [6, 6.07) is 1.81. The fourth-order valence-corrected chi connectivity index (χ4v) is 2.69. The van der Waals surface area contributed by atoms with E-state index < -0.39 is 17.3 Å². The van der Waals surface area contributed by atoms with Crippen molar-refractivity contribution >= 4 is 39.1 Å². The predicted molar refractivity (Wildman–Crippen MR) is 60.7 cm³/mol. The summed E-state index contributed by atoms with van der Waals surface area (Å²) in [7, 11) is 0. The van der Waals surface area contributed by atoms with E-state index in [1.807, 2.05) is 11.4 Å². The number of hydrogen-bond acceptors (Lipinski definition) is 3. The lowest BCUT2D eigenvalue weighted by Crippen LogP contribution is -2.43. The molecule has 1 amide bonds. The maximum atomic E-state index is 11.1. The summed E-state index contributed by atoms with van der Waals surface area (Å²) >= 11 is 4.68. The predicted octanol–water partition coefficient (Wildman–Crippen LogP) is 1.63. The third-order valence-corrected chi connectivity index (χ3v) is 4.15. The van der Waals surface area contributed by atoms with Gasteiger partial charge in [-0.05, 0) is 34.3 Å². The van der Waals surface area contributed by atoms with Crippen molar-refractivity contribution in [3.05, 3.63) is 20.8 Å². The van der Waals surface area contributed by atoms with Gasteiger partial charge in [0.15, 0.2) is 0 Å². The molecular weight excluding hydrogens is 282 g/mol. The van der Waals surface area contributed by atoms with E-state index in [1.165, 1.54) is 18.3 Å². The van der Waals surface area contributed by atoms with E-state index in [0.29, 0.717) is 0 Å². The highest BCUT2D eigenvalue weighted by Gasteiger charge is 2.40. The molecule has 6 heteroatoms. The SMILES string of the molecule is CC(Cc1sccc1Br)(C(N)=O)C(=O)O. The van der Waals surface area contributed by atoms with Crippen LogP contribution in [0.25, 0.3) is 0 Å². The van der Waals surface area contributed by atoms with Gasteiger partial charge >= 0.3 is 5.97 Å². The third-order valence-electron chi connectivity index (χ3n) is 2.22. The minimum absolute atomic E-state index is 0.107. The minimum Gasteiger partial charge on any atom is -0.480 e. The highest BCUT2D eigenvalue weighted by Crippen LogP contribution is 2.31. The van der Waals surface area contributed by atoms with E-state index in [1.54, 1.807) is 0 Å². The van der Waals surface area contributed by atoms with Crippen molar-refractivity contribution in [3.8, 4) is 0 Å². The molecule has 0 bridgehead atoms. The largest absolute Gasteiger partial charge is 0.480 e. The number of primary amides is 1. The zero-order valence-electron chi connectivity index (χ0n) is 7.99. The zero-order chi connectivity index (χ0) is 11.6. The Morgan fingerprint density at radius 2 is 2.27 bits per heavy atom. The van der Waals surface area contributed by atoms with E-state index in [4.69, 9.17) is 10.8 Å². The summed E-state index contributed by atoms with van der Waals surface area (Å²) in [4.78, 5) is 22.9. The second-order valence-electron chi connectivity index (χ2n) is 3.37. The molecule has 0 aromatic carbocycles. The lowest BCUT2D eigenvalue weighted by Gasteiger charge is -2.19. The van der Waals surface area contributed by atoms with Gasteiger partial charge in [0.05, 0.1) is 0 Å². The van der Waals surface area contributed by atoms with Crippen molar-refractivity contribution in [2.24, 2.45) is 11.1 Å². The number of carbonyl (C=O) groups excluding carboxylic acids is 1. The van der Waals surface area contributed by atoms with Crippen LogP contribution in [-0.4, -0.2) is 17.0 Å². The van der Waals surface area contributed by atoms with Crippen LogP contribution in [-0.2, 0) is 16.0 Å². The van der Waals surface area contributed by atoms with Gasteiger partial charge in [-0.1, -0.05) is 0 Å². The number of aliphatic carboxylic acids is 1. The summed E-state index contributed by atoms with van der Waals surface area (Å²) in [6.45, 7) is 1.34. The first kappa shape index (κ1) is 12.2. The number of halogens is 1. The number of amides is 1. The monoisotopic (exact) mass is 291 g/mol. The van der Waals surface area contributed by atoms with Crippen LogP contribution < -0.4 is 5.73 Å². The Labute approximate surface area is 99.2 Å². The Balaban J connectivity index is 3.00. The van der Waals surface area contributed by atoms with Crippen molar-refractivity contribution in [2.45, 2.75) is 13.3 Å². The molecule has 82 valence electrons. The number of carboxylic acid groups (broad SMARTS) is 1. The molecule has 0 radical (unpaired) electrons.